The largest absolute Gasteiger partial charge is 0.303 e. The Kier molecular flexibility index (Phi) is 4.36. The van der Waals surface area contributed by atoms with Gasteiger partial charge in [-0.05, 0) is 15.9 Å². The van der Waals surface area contributed by atoms with E-state index < -0.39 is 0 Å². The monoisotopic (exact) mass is 242 g/mol. The standard InChI is InChI=1S/C4H4Br2O2/c5-3(1-2-7)4(6)8/h2-3H,1H2. The Hall–Kier alpha value is 0.300. The minimum atomic E-state index is -0.361. The molecular formula is C4H4Br2O2. The molecule has 0 spiro atoms. The van der Waals surface area contributed by atoms with Crippen LogP contribution in [0.25, 0.3) is 0 Å². The third-order valence-corrected chi connectivity index (χ3v) is 2.51. The Bertz CT molecular complexity index is 102. The first-order valence-corrected chi connectivity index (χ1v) is 3.66. The van der Waals surface area contributed by atoms with E-state index in [0.717, 1.165) is 0 Å². The van der Waals surface area contributed by atoms with Crippen LogP contribution in [0.4, 0.5) is 0 Å². The Labute approximate surface area is 63.9 Å². The molecule has 0 bridgehead atoms. The zero-order valence-electron chi connectivity index (χ0n) is 3.93. The van der Waals surface area contributed by atoms with E-state index in [0.29, 0.717) is 6.29 Å². The molecule has 8 heavy (non-hydrogen) atoms. The highest BCUT2D eigenvalue weighted by molar-refractivity contribution is 9.20. The van der Waals surface area contributed by atoms with Crippen molar-refractivity contribution in [3.05, 3.63) is 0 Å². The molecular weight excluding hydrogens is 240 g/mol. The topological polar surface area (TPSA) is 34.1 Å². The van der Waals surface area contributed by atoms with Gasteiger partial charge >= 0.3 is 0 Å². The SMILES string of the molecule is O=CCC(Br)C(=O)Br. The molecule has 0 aliphatic carbocycles. The second kappa shape index (κ2) is 4.21. The molecule has 0 radical (unpaired) electrons. The fourth-order valence-electron chi connectivity index (χ4n) is 0.177. The maximum absolute atomic E-state index is 10.2. The van der Waals surface area contributed by atoms with E-state index in [1.165, 1.54) is 0 Å². The number of hydrogen-bond donors (Lipinski definition) is 0. The molecule has 0 fully saturated rings. The van der Waals surface area contributed by atoms with Crippen molar-refractivity contribution >= 4 is 42.8 Å². The predicted octanol–water partition coefficient (Wildman–Crippen LogP) is 1.26. The van der Waals surface area contributed by atoms with Crippen LogP contribution in [0.1, 0.15) is 6.42 Å². The highest BCUT2D eigenvalue weighted by atomic mass is 79.9. The van der Waals surface area contributed by atoms with Crippen molar-refractivity contribution in [2.45, 2.75) is 11.2 Å². The summed E-state index contributed by atoms with van der Waals surface area (Å²) in [5, 5.41) is 0. The fourth-order valence-corrected chi connectivity index (χ4v) is 0.517. The minimum Gasteiger partial charge on any atom is -0.303 e. The third-order valence-electron chi connectivity index (χ3n) is 0.549. The third kappa shape index (κ3) is 3.32. The number of alkyl halides is 1. The molecule has 0 N–H and O–H groups in total. The van der Waals surface area contributed by atoms with Crippen LogP contribution in [-0.4, -0.2) is 15.8 Å². The number of hydrogen-bond acceptors (Lipinski definition) is 2. The number of halogens is 2. The van der Waals surface area contributed by atoms with Crippen LogP contribution in [0.3, 0.4) is 0 Å². The number of carbonyl (C=O) groups is 2. The number of carbonyl (C=O) groups excluding carboxylic acids is 2. The van der Waals surface area contributed by atoms with Crippen molar-refractivity contribution in [3.8, 4) is 0 Å². The van der Waals surface area contributed by atoms with Gasteiger partial charge in [0.25, 0.3) is 0 Å². The van der Waals surface area contributed by atoms with Crippen molar-refractivity contribution < 1.29 is 9.59 Å². The molecule has 0 aromatic rings. The molecule has 0 heterocycles. The van der Waals surface area contributed by atoms with Crippen LogP contribution >= 0.6 is 31.9 Å². The molecule has 0 rings (SSSR count). The normalized spacial score (nSPS) is 12.8. The first-order chi connectivity index (χ1) is 3.68. The predicted molar refractivity (Wildman–Crippen MR) is 37.3 cm³/mol. The molecule has 1 atom stereocenters. The van der Waals surface area contributed by atoms with Gasteiger partial charge in [-0.25, -0.2) is 0 Å². The lowest BCUT2D eigenvalue weighted by molar-refractivity contribution is -0.113. The van der Waals surface area contributed by atoms with Gasteiger partial charge in [0.2, 0.25) is 4.69 Å². The zero-order valence-corrected chi connectivity index (χ0v) is 7.11. The van der Waals surface area contributed by atoms with Crippen LogP contribution in [0, 0.1) is 0 Å². The van der Waals surface area contributed by atoms with E-state index in [2.05, 4.69) is 31.9 Å². The molecule has 1 unspecified atom stereocenters. The Morgan fingerprint density at radius 3 is 2.38 bits per heavy atom. The highest BCUT2D eigenvalue weighted by Gasteiger charge is 2.08. The van der Waals surface area contributed by atoms with Crippen molar-refractivity contribution in [3.63, 3.8) is 0 Å². The van der Waals surface area contributed by atoms with E-state index in [9.17, 15) is 9.59 Å². The lowest BCUT2D eigenvalue weighted by atomic mass is 10.4. The van der Waals surface area contributed by atoms with E-state index in [4.69, 9.17) is 0 Å². The summed E-state index contributed by atoms with van der Waals surface area (Å²) in [5.41, 5.74) is 0. The zero-order chi connectivity index (χ0) is 6.57. The summed E-state index contributed by atoms with van der Waals surface area (Å²) in [7, 11) is 0. The van der Waals surface area contributed by atoms with Crippen LogP contribution in [0.15, 0.2) is 0 Å². The second-order valence-electron chi connectivity index (χ2n) is 1.17. The molecule has 4 heteroatoms. The second-order valence-corrected chi connectivity index (χ2v) is 3.06. The maximum atomic E-state index is 10.2. The first-order valence-electron chi connectivity index (χ1n) is 1.95. The van der Waals surface area contributed by atoms with E-state index in [1.54, 1.807) is 0 Å². The van der Waals surface area contributed by atoms with Crippen molar-refractivity contribution in [1.29, 1.82) is 0 Å². The molecule has 0 saturated carbocycles. The van der Waals surface area contributed by atoms with Gasteiger partial charge in [-0.2, -0.15) is 0 Å². The van der Waals surface area contributed by atoms with Crippen molar-refractivity contribution in [2.75, 3.05) is 0 Å². The minimum absolute atomic E-state index is 0.190. The average molecular weight is 244 g/mol. The van der Waals surface area contributed by atoms with Gasteiger partial charge in [-0.3, -0.25) is 4.79 Å². The molecule has 0 aliphatic heterocycles. The molecule has 0 aliphatic rings. The maximum Gasteiger partial charge on any atom is 0.211 e. The van der Waals surface area contributed by atoms with Crippen LogP contribution in [0.2, 0.25) is 0 Å². The highest BCUT2D eigenvalue weighted by Crippen LogP contribution is 2.07. The summed E-state index contributed by atoms with van der Waals surface area (Å²) in [4.78, 5) is 19.6. The van der Waals surface area contributed by atoms with Crippen molar-refractivity contribution in [2.24, 2.45) is 0 Å². The number of rotatable bonds is 3. The van der Waals surface area contributed by atoms with Gasteiger partial charge in [-0.1, -0.05) is 15.9 Å². The van der Waals surface area contributed by atoms with Crippen LogP contribution < -0.4 is 0 Å². The van der Waals surface area contributed by atoms with Gasteiger partial charge in [0, 0.05) is 6.42 Å². The summed E-state index contributed by atoms with van der Waals surface area (Å²) in [6.07, 6.45) is 0.919. The van der Waals surface area contributed by atoms with E-state index in [-0.39, 0.29) is 15.9 Å². The smallest absolute Gasteiger partial charge is 0.211 e. The van der Waals surface area contributed by atoms with Gasteiger partial charge < -0.3 is 4.79 Å². The Morgan fingerprint density at radius 2 is 2.25 bits per heavy atom. The van der Waals surface area contributed by atoms with E-state index >= 15 is 0 Å². The quantitative estimate of drug-likeness (QED) is 0.425. The lowest BCUT2D eigenvalue weighted by Gasteiger charge is -1.93. The summed E-state index contributed by atoms with van der Waals surface area (Å²) < 4.78 is -0.190. The molecule has 0 aromatic heterocycles. The summed E-state index contributed by atoms with van der Waals surface area (Å²) in [6.45, 7) is 0. The Morgan fingerprint density at radius 1 is 1.75 bits per heavy atom. The molecule has 0 saturated heterocycles. The van der Waals surface area contributed by atoms with Crippen molar-refractivity contribution in [1.82, 2.24) is 0 Å². The van der Waals surface area contributed by atoms with E-state index in [1.807, 2.05) is 0 Å². The van der Waals surface area contributed by atoms with Crippen LogP contribution in [-0.2, 0) is 9.59 Å². The van der Waals surface area contributed by atoms with Crippen LogP contribution in [0.5, 0.6) is 0 Å². The molecule has 0 amide bonds. The summed E-state index contributed by atoms with van der Waals surface area (Å²) in [5.74, 6) is 0. The molecule has 46 valence electrons. The summed E-state index contributed by atoms with van der Waals surface area (Å²) in [6, 6.07) is 0. The van der Waals surface area contributed by atoms with Gasteiger partial charge in [-0.15, -0.1) is 0 Å². The first kappa shape index (κ1) is 8.30. The summed E-state index contributed by atoms with van der Waals surface area (Å²) >= 11 is 5.67. The average Bonchev–Trinajstić information content (AvgIpc) is 1.67. The van der Waals surface area contributed by atoms with Gasteiger partial charge in [0.05, 0.1) is 4.83 Å². The Balaban J connectivity index is 3.46. The fraction of sp³-hybridized carbons (Fsp3) is 0.500. The molecule has 0 aromatic carbocycles. The van der Waals surface area contributed by atoms with Gasteiger partial charge in [0.15, 0.2) is 0 Å². The van der Waals surface area contributed by atoms with Gasteiger partial charge in [0.1, 0.15) is 6.29 Å². The lowest BCUT2D eigenvalue weighted by Crippen LogP contribution is -2.05. The number of aldehydes is 1. The molecule has 2 nitrogen and oxygen atoms in total.